The van der Waals surface area contributed by atoms with E-state index in [0.29, 0.717) is 18.7 Å². The van der Waals surface area contributed by atoms with Crippen molar-refractivity contribution in [1.29, 1.82) is 0 Å². The van der Waals surface area contributed by atoms with Crippen LogP contribution in [-0.2, 0) is 0 Å². The molecule has 1 amide bonds. The number of likely N-dealkylation sites (tertiary alicyclic amines) is 1. The lowest BCUT2D eigenvalue weighted by molar-refractivity contribution is 0.0756. The van der Waals surface area contributed by atoms with Gasteiger partial charge in [0.2, 0.25) is 0 Å². The van der Waals surface area contributed by atoms with Crippen LogP contribution >= 0.6 is 0 Å². The summed E-state index contributed by atoms with van der Waals surface area (Å²) in [7, 11) is 3.50. The molecular weight excluding hydrogens is 269 g/mol. The molecule has 20 heavy (non-hydrogen) atoms. The molecule has 6 heteroatoms. The van der Waals surface area contributed by atoms with Crippen molar-refractivity contribution in [3.63, 3.8) is 0 Å². The largest absolute Gasteiger partial charge is 0.340 e. The molecule has 0 spiro atoms. The van der Waals surface area contributed by atoms with Gasteiger partial charge in [-0.25, -0.2) is 13.2 Å². The molecule has 1 fully saturated rings. The van der Waals surface area contributed by atoms with E-state index in [-0.39, 0.29) is 6.04 Å². The number of carbonyl (C=O) groups excluding carboxylic acids is 1. The molecule has 3 nitrogen and oxygen atoms in total. The molecular formula is C14H17F3N2O. The maximum Gasteiger partial charge on any atom is 0.256 e. The van der Waals surface area contributed by atoms with Crippen molar-refractivity contribution in [2.45, 2.75) is 18.9 Å². The number of halogens is 3. The van der Waals surface area contributed by atoms with Crippen molar-refractivity contribution in [1.82, 2.24) is 9.80 Å². The van der Waals surface area contributed by atoms with Crippen LogP contribution in [0.2, 0.25) is 0 Å². The first kappa shape index (κ1) is 14.8. The molecule has 1 aliphatic heterocycles. The van der Waals surface area contributed by atoms with E-state index >= 15 is 0 Å². The lowest BCUT2D eigenvalue weighted by Gasteiger charge is -2.26. The van der Waals surface area contributed by atoms with Crippen molar-refractivity contribution in [3.8, 4) is 0 Å². The predicted molar refractivity (Wildman–Crippen MR) is 68.9 cm³/mol. The lowest BCUT2D eigenvalue weighted by Crippen LogP contribution is -2.39. The van der Waals surface area contributed by atoms with E-state index in [4.69, 9.17) is 0 Å². The summed E-state index contributed by atoms with van der Waals surface area (Å²) in [5, 5.41) is 0. The van der Waals surface area contributed by atoms with E-state index in [9.17, 15) is 18.0 Å². The number of nitrogens with zero attached hydrogens (tertiary/aromatic N) is 2. The molecule has 0 saturated carbocycles. The summed E-state index contributed by atoms with van der Waals surface area (Å²) in [5.74, 6) is -4.19. The standard InChI is InChI=1S/C14H17F3N2O/c1-18-5-3-4-9(18)8-19(2)14(20)10-6-12(16)13(17)7-11(10)15/h6-7,9H,3-5,8H2,1-2H3/t9-/m1/s1. The van der Waals surface area contributed by atoms with Crippen LogP contribution in [0.1, 0.15) is 23.2 Å². The first-order valence-corrected chi connectivity index (χ1v) is 6.50. The summed E-state index contributed by atoms with van der Waals surface area (Å²) >= 11 is 0. The molecule has 1 aromatic rings. The highest BCUT2D eigenvalue weighted by Gasteiger charge is 2.26. The zero-order valence-electron chi connectivity index (χ0n) is 11.5. The van der Waals surface area contributed by atoms with Crippen LogP contribution in [0.4, 0.5) is 13.2 Å². The minimum Gasteiger partial charge on any atom is -0.340 e. The summed E-state index contributed by atoms with van der Waals surface area (Å²) in [6, 6.07) is 1.23. The van der Waals surface area contributed by atoms with Crippen LogP contribution in [0.15, 0.2) is 12.1 Å². The van der Waals surface area contributed by atoms with E-state index < -0.39 is 28.9 Å². The molecule has 0 radical (unpaired) electrons. The van der Waals surface area contributed by atoms with Gasteiger partial charge >= 0.3 is 0 Å². The predicted octanol–water partition coefficient (Wildman–Crippen LogP) is 2.27. The molecule has 110 valence electrons. The summed E-state index contributed by atoms with van der Waals surface area (Å²) in [4.78, 5) is 15.6. The second kappa shape index (κ2) is 5.83. The van der Waals surface area contributed by atoms with E-state index in [1.807, 2.05) is 7.05 Å². The van der Waals surface area contributed by atoms with Gasteiger partial charge in [0.25, 0.3) is 5.91 Å². The fourth-order valence-electron chi connectivity index (χ4n) is 2.50. The molecule has 1 saturated heterocycles. The van der Waals surface area contributed by atoms with Crippen molar-refractivity contribution in [2.75, 3.05) is 27.2 Å². The normalized spacial score (nSPS) is 19.4. The minimum absolute atomic E-state index is 0.220. The average molecular weight is 286 g/mol. The SMILES string of the molecule is CN(C[C@H]1CCCN1C)C(=O)c1cc(F)c(F)cc1F. The third kappa shape index (κ3) is 2.95. The molecule has 1 heterocycles. The van der Waals surface area contributed by atoms with Gasteiger partial charge < -0.3 is 9.80 Å². The number of carbonyl (C=O) groups is 1. The Morgan fingerprint density at radius 2 is 1.95 bits per heavy atom. The topological polar surface area (TPSA) is 23.6 Å². The Morgan fingerprint density at radius 3 is 2.55 bits per heavy atom. The Labute approximate surface area is 116 Å². The van der Waals surface area contributed by atoms with Crippen LogP contribution in [0, 0.1) is 17.5 Å². The molecule has 2 rings (SSSR count). The smallest absolute Gasteiger partial charge is 0.256 e. The zero-order chi connectivity index (χ0) is 14.9. The van der Waals surface area contributed by atoms with Gasteiger partial charge in [-0.2, -0.15) is 0 Å². The van der Waals surface area contributed by atoms with Crippen LogP contribution in [-0.4, -0.2) is 48.9 Å². The van der Waals surface area contributed by atoms with Crippen LogP contribution < -0.4 is 0 Å². The van der Waals surface area contributed by atoms with Crippen molar-refractivity contribution in [2.24, 2.45) is 0 Å². The fourth-order valence-corrected chi connectivity index (χ4v) is 2.50. The van der Waals surface area contributed by atoms with Gasteiger partial charge in [-0.15, -0.1) is 0 Å². The Hall–Kier alpha value is -1.56. The minimum atomic E-state index is -1.29. The molecule has 1 aliphatic rings. The number of benzene rings is 1. The number of hydrogen-bond acceptors (Lipinski definition) is 2. The number of rotatable bonds is 3. The lowest BCUT2D eigenvalue weighted by atomic mass is 10.1. The zero-order valence-corrected chi connectivity index (χ0v) is 11.5. The molecule has 0 aliphatic carbocycles. The highest BCUT2D eigenvalue weighted by Crippen LogP contribution is 2.18. The molecule has 1 aromatic carbocycles. The van der Waals surface area contributed by atoms with Crippen LogP contribution in [0.25, 0.3) is 0 Å². The Morgan fingerprint density at radius 1 is 1.30 bits per heavy atom. The van der Waals surface area contributed by atoms with E-state index in [2.05, 4.69) is 4.90 Å². The summed E-state index contributed by atoms with van der Waals surface area (Å²) < 4.78 is 39.6. The molecule has 0 unspecified atom stereocenters. The highest BCUT2D eigenvalue weighted by molar-refractivity contribution is 5.94. The maximum atomic E-state index is 13.6. The van der Waals surface area contributed by atoms with Gasteiger partial charge in [0.1, 0.15) is 5.82 Å². The first-order valence-electron chi connectivity index (χ1n) is 6.50. The molecule has 0 aromatic heterocycles. The van der Waals surface area contributed by atoms with Gasteiger partial charge in [-0.05, 0) is 32.5 Å². The van der Waals surface area contributed by atoms with Crippen molar-refractivity contribution >= 4 is 5.91 Å². The third-order valence-electron chi connectivity index (χ3n) is 3.74. The summed E-state index contributed by atoms with van der Waals surface area (Å²) in [6.07, 6.45) is 2.02. The van der Waals surface area contributed by atoms with E-state index in [1.54, 1.807) is 0 Å². The second-order valence-electron chi connectivity index (χ2n) is 5.21. The van der Waals surface area contributed by atoms with Gasteiger partial charge in [-0.3, -0.25) is 4.79 Å². The van der Waals surface area contributed by atoms with Gasteiger partial charge in [0.05, 0.1) is 5.56 Å². The van der Waals surface area contributed by atoms with Crippen LogP contribution in [0.3, 0.4) is 0 Å². The Balaban J connectivity index is 2.12. The quantitative estimate of drug-likeness (QED) is 0.796. The van der Waals surface area contributed by atoms with Gasteiger partial charge in [0, 0.05) is 25.7 Å². The Bertz CT molecular complexity index is 521. The second-order valence-corrected chi connectivity index (χ2v) is 5.21. The fraction of sp³-hybridized carbons (Fsp3) is 0.500. The average Bonchev–Trinajstić information content (AvgIpc) is 2.78. The Kier molecular flexibility index (Phi) is 4.32. The summed E-state index contributed by atoms with van der Waals surface area (Å²) in [6.45, 7) is 1.40. The number of hydrogen-bond donors (Lipinski definition) is 0. The van der Waals surface area contributed by atoms with Gasteiger partial charge in [-0.1, -0.05) is 0 Å². The third-order valence-corrected chi connectivity index (χ3v) is 3.74. The van der Waals surface area contributed by atoms with Crippen molar-refractivity contribution in [3.05, 3.63) is 35.1 Å². The number of amides is 1. The highest BCUT2D eigenvalue weighted by atomic mass is 19.2. The van der Waals surface area contributed by atoms with Gasteiger partial charge in [0.15, 0.2) is 11.6 Å². The molecule has 0 N–H and O–H groups in total. The van der Waals surface area contributed by atoms with Crippen molar-refractivity contribution < 1.29 is 18.0 Å². The van der Waals surface area contributed by atoms with E-state index in [1.165, 1.54) is 11.9 Å². The number of likely N-dealkylation sites (N-methyl/N-ethyl adjacent to an activating group) is 2. The molecule has 0 bridgehead atoms. The molecule has 1 atom stereocenters. The monoisotopic (exact) mass is 286 g/mol. The first-order chi connectivity index (χ1) is 9.40. The summed E-state index contributed by atoms with van der Waals surface area (Å²) in [5.41, 5.74) is -0.438. The maximum absolute atomic E-state index is 13.6. The van der Waals surface area contributed by atoms with E-state index in [0.717, 1.165) is 19.4 Å². The van der Waals surface area contributed by atoms with Crippen LogP contribution in [0.5, 0.6) is 0 Å².